The minimum Gasteiger partial charge on any atom is -0.370 e. The van der Waals surface area contributed by atoms with E-state index in [2.05, 4.69) is 27.5 Å². The molecule has 0 aliphatic carbocycles. The third-order valence-electron chi connectivity index (χ3n) is 4.05. The molecule has 0 spiro atoms. The van der Waals surface area contributed by atoms with Crippen LogP contribution in [0.4, 0.5) is 11.5 Å². The average molecular weight is 381 g/mol. The van der Waals surface area contributed by atoms with Gasteiger partial charge in [0, 0.05) is 24.0 Å². The van der Waals surface area contributed by atoms with E-state index in [1.165, 1.54) is 0 Å². The first kappa shape index (κ1) is 18.9. The van der Waals surface area contributed by atoms with Crippen molar-refractivity contribution >= 4 is 29.0 Å². The largest absolute Gasteiger partial charge is 0.370 e. The number of aromatic nitrogens is 2. The lowest BCUT2D eigenvalue weighted by Crippen LogP contribution is -2.15. The van der Waals surface area contributed by atoms with Crippen molar-refractivity contribution < 1.29 is 4.79 Å². The molecule has 1 aromatic carbocycles. The van der Waals surface area contributed by atoms with Crippen molar-refractivity contribution in [1.29, 1.82) is 0 Å². The van der Waals surface area contributed by atoms with Crippen LogP contribution in [0.2, 0.25) is 5.02 Å². The first-order chi connectivity index (χ1) is 13.1. The molecule has 1 amide bonds. The van der Waals surface area contributed by atoms with Gasteiger partial charge in [0.05, 0.1) is 22.0 Å². The minimum absolute atomic E-state index is 0.212. The monoisotopic (exact) mass is 380 g/mol. The van der Waals surface area contributed by atoms with Gasteiger partial charge < -0.3 is 10.6 Å². The van der Waals surface area contributed by atoms with E-state index in [1.54, 1.807) is 24.4 Å². The quantitative estimate of drug-likeness (QED) is 0.618. The van der Waals surface area contributed by atoms with Crippen LogP contribution in [0, 0.1) is 6.92 Å². The maximum atomic E-state index is 12.7. The Hall–Kier alpha value is -2.92. The molecule has 0 unspecified atom stereocenters. The number of halogens is 1. The van der Waals surface area contributed by atoms with Crippen molar-refractivity contribution in [3.63, 3.8) is 0 Å². The second kappa shape index (κ2) is 8.64. The molecule has 0 atom stereocenters. The zero-order valence-corrected chi connectivity index (χ0v) is 16.0. The van der Waals surface area contributed by atoms with Crippen LogP contribution in [-0.2, 0) is 0 Å². The van der Waals surface area contributed by atoms with Crippen LogP contribution >= 0.6 is 11.6 Å². The molecule has 0 saturated heterocycles. The summed E-state index contributed by atoms with van der Waals surface area (Å²) in [6.07, 6.45) is 2.72. The number of hydrogen-bond donors (Lipinski definition) is 2. The Bertz CT molecular complexity index is 944. The van der Waals surface area contributed by atoms with Gasteiger partial charge >= 0.3 is 0 Å². The van der Waals surface area contributed by atoms with Gasteiger partial charge in [-0.3, -0.25) is 9.78 Å². The maximum Gasteiger partial charge on any atom is 0.257 e. The van der Waals surface area contributed by atoms with Crippen LogP contribution in [-0.4, -0.2) is 22.4 Å². The fraction of sp³-hybridized carbons (Fsp3) is 0.190. The second-order valence-electron chi connectivity index (χ2n) is 6.12. The summed E-state index contributed by atoms with van der Waals surface area (Å²) in [4.78, 5) is 21.4. The standard InChI is InChI=1S/C21H21ClN4O/c1-3-11-24-20-10-8-16(14(2)25-20)21(27)26-15-7-9-18(22)17(13-15)19-6-4-5-12-23-19/h4-10,12-13H,3,11H2,1-2H3,(H,24,25)(H,26,27). The van der Waals surface area contributed by atoms with Gasteiger partial charge in [-0.1, -0.05) is 24.6 Å². The Kier molecular flexibility index (Phi) is 6.04. The topological polar surface area (TPSA) is 66.9 Å². The van der Waals surface area contributed by atoms with E-state index in [1.807, 2.05) is 37.3 Å². The molecule has 0 saturated carbocycles. The molecule has 0 bridgehead atoms. The third-order valence-corrected chi connectivity index (χ3v) is 4.38. The smallest absolute Gasteiger partial charge is 0.257 e. The number of pyridine rings is 2. The lowest BCUT2D eigenvalue weighted by Gasteiger charge is -2.11. The van der Waals surface area contributed by atoms with E-state index < -0.39 is 0 Å². The van der Waals surface area contributed by atoms with Crippen molar-refractivity contribution in [3.05, 3.63) is 71.0 Å². The summed E-state index contributed by atoms with van der Waals surface area (Å²) in [5, 5.41) is 6.71. The van der Waals surface area contributed by atoms with E-state index in [0.717, 1.165) is 30.0 Å². The predicted molar refractivity (Wildman–Crippen MR) is 110 cm³/mol. The predicted octanol–water partition coefficient (Wildman–Crippen LogP) is 5.18. The van der Waals surface area contributed by atoms with Gasteiger partial charge in [-0.25, -0.2) is 4.98 Å². The molecule has 138 valence electrons. The average Bonchev–Trinajstić information content (AvgIpc) is 2.68. The van der Waals surface area contributed by atoms with Crippen LogP contribution in [0.15, 0.2) is 54.7 Å². The molecule has 3 aromatic rings. The zero-order chi connectivity index (χ0) is 19.2. The number of amides is 1. The summed E-state index contributed by atoms with van der Waals surface area (Å²) in [6.45, 7) is 4.76. The van der Waals surface area contributed by atoms with Crippen LogP contribution in [0.1, 0.15) is 29.4 Å². The zero-order valence-electron chi connectivity index (χ0n) is 15.3. The number of nitrogens with zero attached hydrogens (tertiary/aromatic N) is 2. The molecule has 2 N–H and O–H groups in total. The lowest BCUT2D eigenvalue weighted by atomic mass is 10.1. The van der Waals surface area contributed by atoms with Gasteiger partial charge in [-0.2, -0.15) is 0 Å². The molecule has 0 aliphatic rings. The van der Waals surface area contributed by atoms with Gasteiger partial charge in [0.2, 0.25) is 0 Å². The number of carbonyl (C=O) groups excluding carboxylic acids is 1. The third kappa shape index (κ3) is 4.63. The van der Waals surface area contributed by atoms with E-state index >= 15 is 0 Å². The number of rotatable bonds is 6. The van der Waals surface area contributed by atoms with Crippen molar-refractivity contribution in [2.75, 3.05) is 17.2 Å². The Morgan fingerprint density at radius 2 is 2.00 bits per heavy atom. The summed E-state index contributed by atoms with van der Waals surface area (Å²) < 4.78 is 0. The normalized spacial score (nSPS) is 10.5. The molecular formula is C21H21ClN4O. The fourth-order valence-electron chi connectivity index (χ4n) is 2.67. The molecule has 5 nitrogen and oxygen atoms in total. The van der Waals surface area contributed by atoms with Crippen molar-refractivity contribution in [1.82, 2.24) is 9.97 Å². The molecular weight excluding hydrogens is 360 g/mol. The van der Waals surface area contributed by atoms with E-state index in [4.69, 9.17) is 11.6 Å². The van der Waals surface area contributed by atoms with Crippen molar-refractivity contribution in [2.45, 2.75) is 20.3 Å². The van der Waals surface area contributed by atoms with Gasteiger partial charge in [0.1, 0.15) is 5.82 Å². The van der Waals surface area contributed by atoms with Crippen LogP contribution in [0.25, 0.3) is 11.3 Å². The van der Waals surface area contributed by atoms with E-state index in [-0.39, 0.29) is 5.91 Å². The highest BCUT2D eigenvalue weighted by atomic mass is 35.5. The van der Waals surface area contributed by atoms with Gasteiger partial charge in [0.15, 0.2) is 0 Å². The molecule has 2 heterocycles. The number of benzene rings is 1. The molecule has 6 heteroatoms. The number of nitrogens with one attached hydrogen (secondary N) is 2. The molecule has 0 aliphatic heterocycles. The van der Waals surface area contributed by atoms with Gasteiger partial charge in [-0.15, -0.1) is 0 Å². The summed E-state index contributed by atoms with van der Waals surface area (Å²) in [6, 6.07) is 14.6. The highest BCUT2D eigenvalue weighted by Gasteiger charge is 2.13. The summed E-state index contributed by atoms with van der Waals surface area (Å²) in [5.74, 6) is 0.561. The van der Waals surface area contributed by atoms with E-state index in [9.17, 15) is 4.79 Å². The SMILES string of the molecule is CCCNc1ccc(C(=O)Nc2ccc(Cl)c(-c3ccccn3)c2)c(C)n1. The highest BCUT2D eigenvalue weighted by molar-refractivity contribution is 6.33. The number of anilines is 2. The first-order valence-electron chi connectivity index (χ1n) is 8.82. The molecule has 0 radical (unpaired) electrons. The number of hydrogen-bond acceptors (Lipinski definition) is 4. The first-order valence-corrected chi connectivity index (χ1v) is 9.20. The molecule has 3 rings (SSSR count). The van der Waals surface area contributed by atoms with Crippen LogP contribution in [0.5, 0.6) is 0 Å². The van der Waals surface area contributed by atoms with Gasteiger partial charge in [0.25, 0.3) is 5.91 Å². The Morgan fingerprint density at radius 3 is 2.70 bits per heavy atom. The molecule has 27 heavy (non-hydrogen) atoms. The summed E-state index contributed by atoms with van der Waals surface area (Å²) >= 11 is 6.30. The van der Waals surface area contributed by atoms with Crippen LogP contribution < -0.4 is 10.6 Å². The fourth-order valence-corrected chi connectivity index (χ4v) is 2.89. The second-order valence-corrected chi connectivity index (χ2v) is 6.53. The highest BCUT2D eigenvalue weighted by Crippen LogP contribution is 2.29. The maximum absolute atomic E-state index is 12.7. The van der Waals surface area contributed by atoms with Crippen molar-refractivity contribution in [3.8, 4) is 11.3 Å². The molecule has 0 fully saturated rings. The Morgan fingerprint density at radius 1 is 1.15 bits per heavy atom. The van der Waals surface area contributed by atoms with Crippen molar-refractivity contribution in [2.24, 2.45) is 0 Å². The number of carbonyl (C=O) groups is 1. The van der Waals surface area contributed by atoms with Crippen LogP contribution in [0.3, 0.4) is 0 Å². The number of aryl methyl sites for hydroxylation is 1. The summed E-state index contributed by atoms with van der Waals surface area (Å²) in [5.41, 5.74) is 3.38. The summed E-state index contributed by atoms with van der Waals surface area (Å²) in [7, 11) is 0. The van der Waals surface area contributed by atoms with Gasteiger partial charge in [-0.05, 0) is 55.8 Å². The minimum atomic E-state index is -0.212. The lowest BCUT2D eigenvalue weighted by molar-refractivity contribution is 0.102. The Balaban J connectivity index is 1.80. The van der Waals surface area contributed by atoms with E-state index in [0.29, 0.717) is 22.0 Å². The molecule has 2 aromatic heterocycles. The Labute approximate surface area is 163 Å².